The molecule has 6 heteroatoms. The van der Waals surface area contributed by atoms with E-state index in [-0.39, 0.29) is 12.6 Å². The highest BCUT2D eigenvalue weighted by molar-refractivity contribution is 7.14. The normalized spacial score (nSPS) is 12.3. The van der Waals surface area contributed by atoms with Gasteiger partial charge in [-0.3, -0.25) is 4.98 Å². The molecule has 0 aliphatic carbocycles. The lowest BCUT2D eigenvalue weighted by atomic mass is 10.1. The topological polar surface area (TPSA) is 58.0 Å². The van der Waals surface area contributed by atoms with E-state index >= 15 is 0 Å². The molecule has 0 bridgehead atoms. The van der Waals surface area contributed by atoms with E-state index < -0.39 is 0 Å². The van der Waals surface area contributed by atoms with Crippen molar-refractivity contribution in [1.82, 2.24) is 15.3 Å². The van der Waals surface area contributed by atoms with Crippen molar-refractivity contribution in [1.29, 1.82) is 0 Å². The fourth-order valence-electron chi connectivity index (χ4n) is 2.20. The standard InChI is InChI=1S/C17H16ClN3OS/c18-13-6-4-12(5-7-13)16(11-22)20-9-14-10-21-17(23-14)15-3-1-2-8-19-15/h1-8,10,16,20,22H,9,11H2. The van der Waals surface area contributed by atoms with Crippen molar-refractivity contribution in [2.45, 2.75) is 12.6 Å². The maximum atomic E-state index is 9.59. The van der Waals surface area contributed by atoms with Crippen LogP contribution in [0.4, 0.5) is 0 Å². The van der Waals surface area contributed by atoms with Gasteiger partial charge in [-0.2, -0.15) is 0 Å². The van der Waals surface area contributed by atoms with E-state index in [1.807, 2.05) is 48.7 Å². The highest BCUT2D eigenvalue weighted by Gasteiger charge is 2.11. The van der Waals surface area contributed by atoms with Gasteiger partial charge in [0.25, 0.3) is 0 Å². The Labute approximate surface area is 143 Å². The minimum atomic E-state index is -0.132. The van der Waals surface area contributed by atoms with Crippen LogP contribution in [0.5, 0.6) is 0 Å². The number of hydrogen-bond acceptors (Lipinski definition) is 5. The monoisotopic (exact) mass is 345 g/mol. The molecule has 23 heavy (non-hydrogen) atoms. The second-order valence-corrected chi connectivity index (χ2v) is 6.57. The molecule has 0 fully saturated rings. The maximum Gasteiger partial charge on any atom is 0.142 e. The summed E-state index contributed by atoms with van der Waals surface area (Å²) in [6, 6.07) is 13.1. The first-order valence-electron chi connectivity index (χ1n) is 7.22. The quantitative estimate of drug-likeness (QED) is 0.715. The average Bonchev–Trinajstić information content (AvgIpc) is 3.07. The average molecular weight is 346 g/mol. The molecule has 4 nitrogen and oxygen atoms in total. The summed E-state index contributed by atoms with van der Waals surface area (Å²) >= 11 is 7.50. The number of hydrogen-bond donors (Lipinski definition) is 2. The van der Waals surface area contributed by atoms with Gasteiger partial charge in [-0.05, 0) is 29.8 Å². The molecule has 1 unspecified atom stereocenters. The van der Waals surface area contributed by atoms with Crippen LogP contribution >= 0.6 is 22.9 Å². The summed E-state index contributed by atoms with van der Waals surface area (Å²) in [4.78, 5) is 9.81. The molecule has 118 valence electrons. The predicted molar refractivity (Wildman–Crippen MR) is 93.5 cm³/mol. The molecular formula is C17H16ClN3OS. The summed E-state index contributed by atoms with van der Waals surface area (Å²) in [7, 11) is 0. The molecule has 0 saturated carbocycles. The van der Waals surface area contributed by atoms with Gasteiger partial charge >= 0.3 is 0 Å². The van der Waals surface area contributed by atoms with Crippen LogP contribution in [-0.4, -0.2) is 21.7 Å². The number of aliphatic hydroxyl groups is 1. The molecule has 0 aliphatic heterocycles. The highest BCUT2D eigenvalue weighted by atomic mass is 35.5. The van der Waals surface area contributed by atoms with Crippen LogP contribution in [-0.2, 0) is 6.54 Å². The van der Waals surface area contributed by atoms with Crippen molar-refractivity contribution in [2.24, 2.45) is 0 Å². The largest absolute Gasteiger partial charge is 0.394 e. The number of aromatic nitrogens is 2. The van der Waals surface area contributed by atoms with Crippen LogP contribution in [0.25, 0.3) is 10.7 Å². The van der Waals surface area contributed by atoms with Gasteiger partial charge in [-0.15, -0.1) is 11.3 Å². The van der Waals surface area contributed by atoms with Crippen molar-refractivity contribution < 1.29 is 5.11 Å². The summed E-state index contributed by atoms with van der Waals surface area (Å²) in [5.41, 5.74) is 1.88. The van der Waals surface area contributed by atoms with Gasteiger partial charge in [-0.1, -0.05) is 29.8 Å². The minimum Gasteiger partial charge on any atom is -0.394 e. The van der Waals surface area contributed by atoms with E-state index in [0.29, 0.717) is 11.6 Å². The van der Waals surface area contributed by atoms with E-state index in [1.54, 1.807) is 17.5 Å². The molecule has 0 amide bonds. The Kier molecular flexibility index (Phi) is 5.35. The summed E-state index contributed by atoms with van der Waals surface area (Å²) in [5, 5.41) is 14.5. The Morgan fingerprint density at radius 2 is 1.96 bits per heavy atom. The molecular weight excluding hydrogens is 330 g/mol. The Bertz CT molecular complexity index is 746. The third kappa shape index (κ3) is 4.14. The first-order chi connectivity index (χ1) is 11.3. The SMILES string of the molecule is OCC(NCc1cnc(-c2ccccn2)s1)c1ccc(Cl)cc1. The van der Waals surface area contributed by atoms with Gasteiger partial charge in [0.2, 0.25) is 0 Å². The zero-order valence-corrected chi connectivity index (χ0v) is 13.9. The minimum absolute atomic E-state index is 0.0214. The number of halogens is 1. The first-order valence-corrected chi connectivity index (χ1v) is 8.41. The van der Waals surface area contributed by atoms with Gasteiger partial charge in [0.15, 0.2) is 0 Å². The van der Waals surface area contributed by atoms with E-state index in [0.717, 1.165) is 21.1 Å². The smallest absolute Gasteiger partial charge is 0.142 e. The summed E-state index contributed by atoms with van der Waals surface area (Å²) < 4.78 is 0. The van der Waals surface area contributed by atoms with Crippen LogP contribution in [0.15, 0.2) is 54.9 Å². The maximum absolute atomic E-state index is 9.59. The first kappa shape index (κ1) is 16.1. The lowest BCUT2D eigenvalue weighted by Gasteiger charge is -2.16. The van der Waals surface area contributed by atoms with Crippen LogP contribution in [0.2, 0.25) is 5.02 Å². The fraction of sp³-hybridized carbons (Fsp3) is 0.176. The van der Waals surface area contributed by atoms with Gasteiger partial charge in [0.1, 0.15) is 5.01 Å². The fourth-order valence-corrected chi connectivity index (χ4v) is 3.17. The number of benzene rings is 1. The number of thiazole rings is 1. The lowest BCUT2D eigenvalue weighted by Crippen LogP contribution is -2.23. The number of pyridine rings is 1. The van der Waals surface area contributed by atoms with Crippen LogP contribution in [0, 0.1) is 0 Å². The zero-order chi connectivity index (χ0) is 16.1. The van der Waals surface area contributed by atoms with Crippen molar-refractivity contribution >= 4 is 22.9 Å². The molecule has 1 atom stereocenters. The van der Waals surface area contributed by atoms with Gasteiger partial charge in [0, 0.05) is 28.8 Å². The molecule has 2 N–H and O–H groups in total. The van der Waals surface area contributed by atoms with Crippen molar-refractivity contribution in [2.75, 3.05) is 6.61 Å². The second-order valence-electron chi connectivity index (χ2n) is 5.01. The number of aliphatic hydroxyl groups excluding tert-OH is 1. The molecule has 3 aromatic rings. The number of nitrogens with zero attached hydrogens (tertiary/aromatic N) is 2. The van der Waals surface area contributed by atoms with Crippen LogP contribution in [0.1, 0.15) is 16.5 Å². The second kappa shape index (κ2) is 7.66. The molecule has 0 radical (unpaired) electrons. The number of nitrogens with one attached hydrogen (secondary N) is 1. The van der Waals surface area contributed by atoms with Crippen molar-refractivity contribution in [3.63, 3.8) is 0 Å². The molecule has 1 aromatic carbocycles. The molecule has 3 rings (SSSR count). The van der Waals surface area contributed by atoms with E-state index in [9.17, 15) is 5.11 Å². The van der Waals surface area contributed by atoms with Gasteiger partial charge in [0.05, 0.1) is 18.3 Å². The molecule has 0 aliphatic rings. The predicted octanol–water partition coefficient (Wildman–Crippen LogP) is 3.68. The van der Waals surface area contributed by atoms with Crippen LogP contribution in [0.3, 0.4) is 0 Å². The molecule has 0 spiro atoms. The van der Waals surface area contributed by atoms with Crippen LogP contribution < -0.4 is 5.32 Å². The third-order valence-corrected chi connectivity index (χ3v) is 4.69. The summed E-state index contributed by atoms with van der Waals surface area (Å²) in [5.74, 6) is 0. The van der Waals surface area contributed by atoms with E-state index in [4.69, 9.17) is 11.6 Å². The van der Waals surface area contributed by atoms with Gasteiger partial charge < -0.3 is 10.4 Å². The van der Waals surface area contributed by atoms with Crippen molar-refractivity contribution in [3.8, 4) is 10.7 Å². The Morgan fingerprint density at radius 1 is 1.13 bits per heavy atom. The summed E-state index contributed by atoms with van der Waals surface area (Å²) in [6.07, 6.45) is 3.61. The highest BCUT2D eigenvalue weighted by Crippen LogP contribution is 2.24. The molecule has 2 aromatic heterocycles. The van der Waals surface area contributed by atoms with Gasteiger partial charge in [-0.25, -0.2) is 4.98 Å². The Balaban J connectivity index is 1.65. The van der Waals surface area contributed by atoms with Crippen molar-refractivity contribution in [3.05, 3.63) is 70.3 Å². The Morgan fingerprint density at radius 3 is 2.65 bits per heavy atom. The third-order valence-electron chi connectivity index (χ3n) is 3.42. The zero-order valence-electron chi connectivity index (χ0n) is 12.3. The van der Waals surface area contributed by atoms with E-state index in [1.165, 1.54) is 0 Å². The number of rotatable bonds is 6. The van der Waals surface area contributed by atoms with E-state index in [2.05, 4.69) is 15.3 Å². The molecule has 0 saturated heterocycles. The molecule has 2 heterocycles. The summed E-state index contributed by atoms with van der Waals surface area (Å²) in [6.45, 7) is 0.659. The lowest BCUT2D eigenvalue weighted by molar-refractivity contribution is 0.244. The Hall–Kier alpha value is -1.79.